The van der Waals surface area contributed by atoms with Gasteiger partial charge in [-0.25, -0.2) is 0 Å². The fraction of sp³-hybridized carbons (Fsp3) is 0.647. The molecule has 1 N–H and O–H groups in total. The van der Waals surface area contributed by atoms with Crippen LogP contribution in [0.5, 0.6) is 0 Å². The lowest BCUT2D eigenvalue weighted by Gasteiger charge is -2.11. The van der Waals surface area contributed by atoms with Crippen molar-refractivity contribution in [2.24, 2.45) is 5.92 Å². The Morgan fingerprint density at radius 1 is 1.11 bits per heavy atom. The number of benzene rings is 1. The van der Waals surface area contributed by atoms with E-state index in [0.717, 1.165) is 12.5 Å². The largest absolute Gasteiger partial charge is 0.385 e. The molecular formula is C17H27N. The maximum absolute atomic E-state index is 3.55. The first-order chi connectivity index (χ1) is 8.88. The lowest BCUT2D eigenvalue weighted by Crippen LogP contribution is -2.06. The van der Waals surface area contributed by atoms with Crippen LogP contribution in [0.2, 0.25) is 0 Å². The third-order valence-electron chi connectivity index (χ3n) is 4.13. The van der Waals surface area contributed by atoms with Gasteiger partial charge < -0.3 is 5.32 Å². The minimum absolute atomic E-state index is 0.987. The number of hydrogen-bond donors (Lipinski definition) is 1. The number of unbranched alkanes of at least 4 members (excludes halogenated alkanes) is 1. The smallest absolute Gasteiger partial charge is 0.0340 e. The van der Waals surface area contributed by atoms with E-state index < -0.39 is 0 Å². The van der Waals surface area contributed by atoms with E-state index >= 15 is 0 Å². The monoisotopic (exact) mass is 245 g/mol. The summed E-state index contributed by atoms with van der Waals surface area (Å²) in [6.45, 7) is 3.39. The Morgan fingerprint density at radius 3 is 2.50 bits per heavy atom. The Labute approximate surface area is 112 Å². The minimum atomic E-state index is 0.987. The molecule has 0 radical (unpaired) electrons. The lowest BCUT2D eigenvalue weighted by atomic mass is 10.0. The summed E-state index contributed by atoms with van der Waals surface area (Å²) in [5.41, 5.74) is 2.76. The molecule has 18 heavy (non-hydrogen) atoms. The molecule has 1 heteroatoms. The van der Waals surface area contributed by atoms with Crippen molar-refractivity contribution in [3.8, 4) is 0 Å². The third kappa shape index (κ3) is 4.36. The standard InChI is InChI=1S/C17H27N/c1-2-3-6-16-9-11-17(12-10-16)18-14-13-15-7-4-5-8-15/h9-12,15,18H,2-8,13-14H2,1H3. The topological polar surface area (TPSA) is 12.0 Å². The molecule has 100 valence electrons. The first-order valence-corrected chi connectivity index (χ1v) is 7.71. The summed E-state index contributed by atoms with van der Waals surface area (Å²) in [4.78, 5) is 0. The molecule has 2 rings (SSSR count). The second-order valence-electron chi connectivity index (χ2n) is 5.67. The average Bonchev–Trinajstić information content (AvgIpc) is 2.91. The maximum atomic E-state index is 3.55. The fourth-order valence-electron chi connectivity index (χ4n) is 2.89. The van der Waals surface area contributed by atoms with Crippen molar-refractivity contribution >= 4 is 5.69 Å². The van der Waals surface area contributed by atoms with Gasteiger partial charge in [-0.1, -0.05) is 51.2 Å². The van der Waals surface area contributed by atoms with Crippen LogP contribution in [0.3, 0.4) is 0 Å². The van der Waals surface area contributed by atoms with E-state index in [4.69, 9.17) is 0 Å². The van der Waals surface area contributed by atoms with Gasteiger partial charge in [-0.15, -0.1) is 0 Å². The Morgan fingerprint density at radius 2 is 1.83 bits per heavy atom. The van der Waals surface area contributed by atoms with E-state index in [9.17, 15) is 0 Å². The summed E-state index contributed by atoms with van der Waals surface area (Å²) < 4.78 is 0. The van der Waals surface area contributed by atoms with Crippen LogP contribution in [0.15, 0.2) is 24.3 Å². The molecule has 0 aromatic heterocycles. The molecule has 1 fully saturated rings. The summed E-state index contributed by atoms with van der Waals surface area (Å²) in [7, 11) is 0. The molecule has 0 bridgehead atoms. The van der Waals surface area contributed by atoms with E-state index in [-0.39, 0.29) is 0 Å². The second-order valence-corrected chi connectivity index (χ2v) is 5.67. The molecule has 0 atom stereocenters. The first-order valence-electron chi connectivity index (χ1n) is 7.71. The number of aryl methyl sites for hydroxylation is 1. The van der Waals surface area contributed by atoms with E-state index in [1.54, 1.807) is 0 Å². The van der Waals surface area contributed by atoms with Crippen molar-refractivity contribution in [3.63, 3.8) is 0 Å². The van der Waals surface area contributed by atoms with Crippen LogP contribution in [0.25, 0.3) is 0 Å². The Kier molecular flexibility index (Phi) is 5.57. The SMILES string of the molecule is CCCCc1ccc(NCCC2CCCC2)cc1. The van der Waals surface area contributed by atoms with Gasteiger partial charge >= 0.3 is 0 Å². The van der Waals surface area contributed by atoms with Gasteiger partial charge in [0.15, 0.2) is 0 Å². The van der Waals surface area contributed by atoms with Gasteiger partial charge in [-0.3, -0.25) is 0 Å². The van der Waals surface area contributed by atoms with Gasteiger partial charge in [0, 0.05) is 12.2 Å². The normalized spacial score (nSPS) is 16.1. The highest BCUT2D eigenvalue weighted by Gasteiger charge is 2.13. The molecule has 0 heterocycles. The molecule has 0 unspecified atom stereocenters. The molecular weight excluding hydrogens is 218 g/mol. The van der Waals surface area contributed by atoms with Crippen molar-refractivity contribution < 1.29 is 0 Å². The molecule has 1 saturated carbocycles. The molecule has 0 saturated heterocycles. The van der Waals surface area contributed by atoms with Crippen LogP contribution in [-0.2, 0) is 6.42 Å². The number of rotatable bonds is 7. The minimum Gasteiger partial charge on any atom is -0.385 e. The fourth-order valence-corrected chi connectivity index (χ4v) is 2.89. The molecule has 0 spiro atoms. The highest BCUT2D eigenvalue weighted by Crippen LogP contribution is 2.27. The van der Waals surface area contributed by atoms with Gasteiger partial charge in [0.1, 0.15) is 0 Å². The zero-order valence-electron chi connectivity index (χ0n) is 11.8. The Balaban J connectivity index is 1.68. The van der Waals surface area contributed by atoms with Gasteiger partial charge in [-0.05, 0) is 42.9 Å². The van der Waals surface area contributed by atoms with E-state index in [2.05, 4.69) is 36.5 Å². The predicted molar refractivity (Wildman–Crippen MR) is 80.1 cm³/mol. The molecule has 0 amide bonds. The highest BCUT2D eigenvalue weighted by molar-refractivity contribution is 5.44. The maximum Gasteiger partial charge on any atom is 0.0340 e. The van der Waals surface area contributed by atoms with Crippen molar-refractivity contribution in [2.75, 3.05) is 11.9 Å². The first kappa shape index (κ1) is 13.5. The van der Waals surface area contributed by atoms with Crippen molar-refractivity contribution in [3.05, 3.63) is 29.8 Å². The quantitative estimate of drug-likeness (QED) is 0.711. The Hall–Kier alpha value is -0.980. The van der Waals surface area contributed by atoms with E-state index in [1.807, 2.05) is 0 Å². The second kappa shape index (κ2) is 7.45. The van der Waals surface area contributed by atoms with E-state index in [0.29, 0.717) is 0 Å². The van der Waals surface area contributed by atoms with Gasteiger partial charge in [-0.2, -0.15) is 0 Å². The van der Waals surface area contributed by atoms with Crippen LogP contribution in [0, 0.1) is 5.92 Å². The number of hydrogen-bond acceptors (Lipinski definition) is 1. The average molecular weight is 245 g/mol. The van der Waals surface area contributed by atoms with Crippen molar-refractivity contribution in [2.45, 2.75) is 58.3 Å². The molecule has 1 aromatic rings. The Bertz CT molecular complexity index is 322. The van der Waals surface area contributed by atoms with Crippen LogP contribution in [0.4, 0.5) is 5.69 Å². The zero-order chi connectivity index (χ0) is 12.6. The summed E-state index contributed by atoms with van der Waals surface area (Å²) in [6, 6.07) is 9.01. The highest BCUT2D eigenvalue weighted by atomic mass is 14.9. The molecule has 1 nitrogen and oxygen atoms in total. The summed E-state index contributed by atoms with van der Waals surface area (Å²) >= 11 is 0. The zero-order valence-corrected chi connectivity index (χ0v) is 11.8. The van der Waals surface area contributed by atoms with Gasteiger partial charge in [0.2, 0.25) is 0 Å². The van der Waals surface area contributed by atoms with Gasteiger partial charge in [0.05, 0.1) is 0 Å². The van der Waals surface area contributed by atoms with Crippen LogP contribution in [-0.4, -0.2) is 6.54 Å². The van der Waals surface area contributed by atoms with Crippen LogP contribution in [0.1, 0.15) is 57.4 Å². The third-order valence-corrected chi connectivity index (χ3v) is 4.13. The number of nitrogens with one attached hydrogen (secondary N) is 1. The van der Waals surface area contributed by atoms with Crippen LogP contribution >= 0.6 is 0 Å². The summed E-state index contributed by atoms with van der Waals surface area (Å²) in [5.74, 6) is 0.987. The molecule has 0 aliphatic heterocycles. The van der Waals surface area contributed by atoms with Crippen LogP contribution < -0.4 is 5.32 Å². The molecule has 1 aliphatic carbocycles. The molecule has 1 aromatic carbocycles. The lowest BCUT2D eigenvalue weighted by molar-refractivity contribution is 0.518. The van der Waals surface area contributed by atoms with E-state index in [1.165, 1.54) is 62.6 Å². The van der Waals surface area contributed by atoms with Crippen molar-refractivity contribution in [1.29, 1.82) is 0 Å². The van der Waals surface area contributed by atoms with Crippen molar-refractivity contribution in [1.82, 2.24) is 0 Å². The molecule has 1 aliphatic rings. The summed E-state index contributed by atoms with van der Waals surface area (Å²) in [6.07, 6.45) is 11.0. The summed E-state index contributed by atoms with van der Waals surface area (Å²) in [5, 5.41) is 3.55. The van der Waals surface area contributed by atoms with Gasteiger partial charge in [0.25, 0.3) is 0 Å². The predicted octanol–water partition coefficient (Wildman–Crippen LogP) is 5.02. The number of anilines is 1.